The molecule has 1 N–H and O–H groups in total. The van der Waals surface area contributed by atoms with E-state index in [4.69, 9.17) is 11.6 Å². The molecule has 2 nitrogen and oxygen atoms in total. The number of nitrogens with one attached hydrogen (secondary N) is 1. The summed E-state index contributed by atoms with van der Waals surface area (Å²) in [6, 6.07) is 16.5. The summed E-state index contributed by atoms with van der Waals surface area (Å²) in [5.41, 5.74) is 3.39. The monoisotopic (exact) mass is 302 g/mol. The van der Waals surface area contributed by atoms with Crippen molar-refractivity contribution in [2.24, 2.45) is 4.99 Å². The predicted molar refractivity (Wildman–Crippen MR) is 88.9 cm³/mol. The molecule has 1 aliphatic heterocycles. The molecular weight excluding hydrogens is 288 g/mol. The van der Waals surface area contributed by atoms with Crippen molar-refractivity contribution < 1.29 is 0 Å². The zero-order valence-corrected chi connectivity index (χ0v) is 12.7. The number of aryl methyl sites for hydroxylation is 1. The van der Waals surface area contributed by atoms with Crippen LogP contribution >= 0.6 is 23.4 Å². The highest BCUT2D eigenvalue weighted by molar-refractivity contribution is 8.14. The second-order valence-corrected chi connectivity index (χ2v) is 6.35. The van der Waals surface area contributed by atoms with Crippen LogP contribution in [0.1, 0.15) is 16.4 Å². The number of anilines is 1. The Balaban J connectivity index is 1.67. The van der Waals surface area contributed by atoms with Crippen molar-refractivity contribution in [2.75, 3.05) is 11.9 Å². The van der Waals surface area contributed by atoms with Gasteiger partial charge in [-0.05, 0) is 30.2 Å². The van der Waals surface area contributed by atoms with Crippen molar-refractivity contribution in [2.45, 2.75) is 12.2 Å². The van der Waals surface area contributed by atoms with Crippen LogP contribution in [0.2, 0.25) is 5.02 Å². The second kappa shape index (κ2) is 5.90. The molecule has 1 heterocycles. The lowest BCUT2D eigenvalue weighted by Crippen LogP contribution is -2.05. The van der Waals surface area contributed by atoms with Crippen molar-refractivity contribution in [3.05, 3.63) is 64.7 Å². The Morgan fingerprint density at radius 3 is 2.75 bits per heavy atom. The first-order chi connectivity index (χ1) is 9.72. The van der Waals surface area contributed by atoms with Crippen LogP contribution in [0.25, 0.3) is 0 Å². The van der Waals surface area contributed by atoms with Crippen LogP contribution in [0.4, 0.5) is 5.69 Å². The summed E-state index contributed by atoms with van der Waals surface area (Å²) in [5, 5.41) is 5.47. The van der Waals surface area contributed by atoms with E-state index >= 15 is 0 Å². The van der Waals surface area contributed by atoms with Crippen molar-refractivity contribution >= 4 is 34.2 Å². The van der Waals surface area contributed by atoms with Crippen LogP contribution in [-0.4, -0.2) is 11.7 Å². The zero-order chi connectivity index (χ0) is 13.9. The second-order valence-electron chi connectivity index (χ2n) is 4.75. The molecule has 1 aliphatic rings. The number of amidine groups is 1. The number of benzene rings is 2. The molecule has 2 aromatic rings. The third-order valence-electron chi connectivity index (χ3n) is 3.25. The van der Waals surface area contributed by atoms with E-state index in [1.165, 1.54) is 5.56 Å². The molecule has 20 heavy (non-hydrogen) atoms. The first-order valence-corrected chi connectivity index (χ1v) is 7.77. The van der Waals surface area contributed by atoms with Gasteiger partial charge in [0.15, 0.2) is 5.17 Å². The highest BCUT2D eigenvalue weighted by Crippen LogP contribution is 2.35. The lowest BCUT2D eigenvalue weighted by atomic mass is 10.1. The standard InChI is InChI=1S/C16H15ClN2S/c1-11-7-8-13(9-14(11)17)19-16-18-10-15(20-16)12-5-3-2-4-6-12/h2-9,15H,10H2,1H3,(H,18,19). The van der Waals surface area contributed by atoms with Crippen molar-refractivity contribution in [3.8, 4) is 0 Å². The Bertz CT molecular complexity index is 640. The summed E-state index contributed by atoms with van der Waals surface area (Å²) in [6.45, 7) is 2.82. The van der Waals surface area contributed by atoms with Gasteiger partial charge in [-0.3, -0.25) is 4.99 Å². The summed E-state index contributed by atoms with van der Waals surface area (Å²) < 4.78 is 0. The molecule has 0 fully saturated rings. The number of aliphatic imine (C=N–C) groups is 1. The molecule has 0 aliphatic carbocycles. The molecular formula is C16H15ClN2S. The van der Waals surface area contributed by atoms with Gasteiger partial charge in [-0.1, -0.05) is 59.8 Å². The maximum Gasteiger partial charge on any atom is 0.161 e. The van der Waals surface area contributed by atoms with Gasteiger partial charge in [-0.25, -0.2) is 0 Å². The molecule has 0 radical (unpaired) electrons. The fraction of sp³-hybridized carbons (Fsp3) is 0.188. The normalized spacial score (nSPS) is 17.9. The topological polar surface area (TPSA) is 24.4 Å². The Kier molecular flexibility index (Phi) is 3.99. The van der Waals surface area contributed by atoms with Crippen LogP contribution in [-0.2, 0) is 0 Å². The largest absolute Gasteiger partial charge is 0.335 e. The van der Waals surface area contributed by atoms with E-state index in [2.05, 4.69) is 34.6 Å². The first-order valence-electron chi connectivity index (χ1n) is 6.51. The van der Waals surface area contributed by atoms with E-state index in [1.807, 2.05) is 31.2 Å². The Labute approximate surface area is 128 Å². The SMILES string of the molecule is Cc1ccc(NC2=NCC(c3ccccc3)S2)cc1Cl. The fourth-order valence-corrected chi connectivity index (χ4v) is 3.30. The molecule has 0 saturated carbocycles. The maximum atomic E-state index is 6.14. The third kappa shape index (κ3) is 3.00. The van der Waals surface area contributed by atoms with Gasteiger partial charge < -0.3 is 5.32 Å². The molecule has 0 amide bonds. The van der Waals surface area contributed by atoms with E-state index in [0.29, 0.717) is 5.25 Å². The number of nitrogens with zero attached hydrogens (tertiary/aromatic N) is 1. The van der Waals surface area contributed by atoms with Gasteiger partial charge in [0.2, 0.25) is 0 Å². The lowest BCUT2D eigenvalue weighted by Gasteiger charge is -2.10. The van der Waals surface area contributed by atoms with Gasteiger partial charge in [-0.2, -0.15) is 0 Å². The van der Waals surface area contributed by atoms with Crippen LogP contribution in [0, 0.1) is 6.92 Å². The van der Waals surface area contributed by atoms with E-state index in [-0.39, 0.29) is 0 Å². The predicted octanol–water partition coefficient (Wildman–Crippen LogP) is 4.90. The van der Waals surface area contributed by atoms with Gasteiger partial charge in [0, 0.05) is 10.7 Å². The van der Waals surface area contributed by atoms with Crippen LogP contribution in [0.3, 0.4) is 0 Å². The van der Waals surface area contributed by atoms with Crippen LogP contribution < -0.4 is 5.32 Å². The lowest BCUT2D eigenvalue weighted by molar-refractivity contribution is 0.966. The van der Waals surface area contributed by atoms with E-state index in [9.17, 15) is 0 Å². The Morgan fingerprint density at radius 2 is 2.00 bits per heavy atom. The number of thioether (sulfide) groups is 1. The minimum Gasteiger partial charge on any atom is -0.335 e. The summed E-state index contributed by atoms with van der Waals surface area (Å²) in [7, 11) is 0. The molecule has 0 aromatic heterocycles. The molecule has 2 aromatic carbocycles. The van der Waals surface area contributed by atoms with E-state index in [1.54, 1.807) is 11.8 Å². The van der Waals surface area contributed by atoms with Crippen molar-refractivity contribution in [3.63, 3.8) is 0 Å². The minimum absolute atomic E-state index is 0.402. The van der Waals surface area contributed by atoms with E-state index in [0.717, 1.165) is 28.0 Å². The minimum atomic E-state index is 0.402. The van der Waals surface area contributed by atoms with E-state index < -0.39 is 0 Å². The number of hydrogen-bond acceptors (Lipinski definition) is 3. The molecule has 3 rings (SSSR count). The van der Waals surface area contributed by atoms with Crippen LogP contribution in [0.5, 0.6) is 0 Å². The number of halogens is 1. The quantitative estimate of drug-likeness (QED) is 0.853. The average Bonchev–Trinajstić information content (AvgIpc) is 2.92. The number of hydrogen-bond donors (Lipinski definition) is 1. The molecule has 1 atom stereocenters. The average molecular weight is 303 g/mol. The van der Waals surface area contributed by atoms with Crippen molar-refractivity contribution in [1.29, 1.82) is 0 Å². The maximum absolute atomic E-state index is 6.14. The molecule has 0 spiro atoms. The van der Waals surface area contributed by atoms with Gasteiger partial charge >= 0.3 is 0 Å². The highest BCUT2D eigenvalue weighted by Gasteiger charge is 2.21. The molecule has 0 saturated heterocycles. The molecule has 4 heteroatoms. The first kappa shape index (κ1) is 13.5. The summed E-state index contributed by atoms with van der Waals surface area (Å²) in [4.78, 5) is 4.57. The Hall–Kier alpha value is -1.45. The van der Waals surface area contributed by atoms with Crippen LogP contribution in [0.15, 0.2) is 53.5 Å². The fourth-order valence-electron chi connectivity index (χ4n) is 2.08. The molecule has 102 valence electrons. The van der Waals surface area contributed by atoms with Gasteiger partial charge in [-0.15, -0.1) is 0 Å². The van der Waals surface area contributed by atoms with Gasteiger partial charge in [0.25, 0.3) is 0 Å². The Morgan fingerprint density at radius 1 is 1.20 bits per heavy atom. The van der Waals surface area contributed by atoms with Gasteiger partial charge in [0.1, 0.15) is 0 Å². The smallest absolute Gasteiger partial charge is 0.161 e. The third-order valence-corrected chi connectivity index (χ3v) is 4.82. The van der Waals surface area contributed by atoms with Crippen molar-refractivity contribution in [1.82, 2.24) is 0 Å². The summed E-state index contributed by atoms with van der Waals surface area (Å²) in [5.74, 6) is 0. The highest BCUT2D eigenvalue weighted by atomic mass is 35.5. The summed E-state index contributed by atoms with van der Waals surface area (Å²) >= 11 is 7.90. The molecule has 0 bridgehead atoms. The zero-order valence-electron chi connectivity index (χ0n) is 11.1. The van der Waals surface area contributed by atoms with Gasteiger partial charge in [0.05, 0.1) is 11.8 Å². The molecule has 1 unspecified atom stereocenters. The summed E-state index contributed by atoms with van der Waals surface area (Å²) in [6.07, 6.45) is 0. The number of rotatable bonds is 2.